The zero-order valence-electron chi connectivity index (χ0n) is 8.43. The van der Waals surface area contributed by atoms with Crippen LogP contribution < -0.4 is 0 Å². The second-order valence-corrected chi connectivity index (χ2v) is 4.22. The fourth-order valence-electron chi connectivity index (χ4n) is 2.46. The molecule has 2 N–H and O–H groups in total. The molecule has 0 spiro atoms. The Bertz CT molecular complexity index is 249. The molecule has 2 radical (unpaired) electrons. The largest absolute Gasteiger partial charge is 0.394 e. The zero-order valence-corrected chi connectivity index (χ0v) is 8.43. The van der Waals surface area contributed by atoms with E-state index in [1.54, 1.807) is 0 Å². The van der Waals surface area contributed by atoms with Crippen LogP contribution in [-0.4, -0.2) is 54.1 Å². The zero-order chi connectivity index (χ0) is 10.6. The monoisotopic (exact) mass is 198 g/mol. The summed E-state index contributed by atoms with van der Waals surface area (Å²) < 4.78 is 10.8. The molecule has 0 saturated carbocycles. The summed E-state index contributed by atoms with van der Waals surface area (Å²) in [5, 5.41) is 19.5. The van der Waals surface area contributed by atoms with E-state index in [4.69, 9.17) is 22.4 Å². The van der Waals surface area contributed by atoms with Crippen LogP contribution in [-0.2, 0) is 9.47 Å². The number of aliphatic hydroxyl groups excluding tert-OH is 1. The Kier molecular flexibility index (Phi) is 2.20. The average Bonchev–Trinajstić information content (AvgIpc) is 2.38. The predicted molar refractivity (Wildman–Crippen MR) is 50.0 cm³/mol. The molecule has 2 aliphatic heterocycles. The fourth-order valence-corrected chi connectivity index (χ4v) is 2.46. The van der Waals surface area contributed by atoms with E-state index in [-0.39, 0.29) is 6.61 Å². The number of hydrogen-bond acceptors (Lipinski definition) is 4. The lowest BCUT2D eigenvalue weighted by Gasteiger charge is -2.57. The van der Waals surface area contributed by atoms with Gasteiger partial charge in [0.25, 0.3) is 0 Å². The molecule has 0 amide bonds. The van der Waals surface area contributed by atoms with Gasteiger partial charge in [-0.1, -0.05) is 6.92 Å². The summed E-state index contributed by atoms with van der Waals surface area (Å²) in [5.74, 6) is 0. The SMILES string of the molecule is [B][C@@H]1OC(CO)C2(O)[C@@H]1O[C@@]2(C)CC. The van der Waals surface area contributed by atoms with Crippen molar-refractivity contribution in [2.24, 2.45) is 0 Å². The van der Waals surface area contributed by atoms with E-state index in [0.29, 0.717) is 6.42 Å². The van der Waals surface area contributed by atoms with Crippen molar-refractivity contribution >= 4 is 7.85 Å². The van der Waals surface area contributed by atoms with Gasteiger partial charge in [0.2, 0.25) is 0 Å². The van der Waals surface area contributed by atoms with Crippen LogP contribution >= 0.6 is 0 Å². The van der Waals surface area contributed by atoms with Gasteiger partial charge in [0.1, 0.15) is 25.7 Å². The fraction of sp³-hybridized carbons (Fsp3) is 1.00. The summed E-state index contributed by atoms with van der Waals surface area (Å²) in [5.41, 5.74) is -1.80. The molecule has 14 heavy (non-hydrogen) atoms. The lowest BCUT2D eigenvalue weighted by molar-refractivity contribution is -0.338. The van der Waals surface area contributed by atoms with Crippen LogP contribution in [0, 0.1) is 0 Å². The van der Waals surface area contributed by atoms with Gasteiger partial charge in [-0.25, -0.2) is 0 Å². The molecule has 5 heteroatoms. The third-order valence-corrected chi connectivity index (χ3v) is 3.62. The van der Waals surface area contributed by atoms with Gasteiger partial charge in [0.05, 0.1) is 12.2 Å². The normalized spacial score (nSPS) is 56.7. The second-order valence-electron chi connectivity index (χ2n) is 4.22. The first-order chi connectivity index (χ1) is 6.49. The lowest BCUT2D eigenvalue weighted by atomic mass is 9.67. The summed E-state index contributed by atoms with van der Waals surface area (Å²) >= 11 is 0. The average molecular weight is 198 g/mol. The predicted octanol–water partition coefficient (Wildman–Crippen LogP) is -0.829. The van der Waals surface area contributed by atoms with Crippen molar-refractivity contribution in [2.75, 3.05) is 6.61 Å². The molecule has 2 rings (SSSR count). The summed E-state index contributed by atoms with van der Waals surface area (Å²) in [6.45, 7) is 3.50. The van der Waals surface area contributed by atoms with Crippen molar-refractivity contribution in [3.8, 4) is 0 Å². The molecule has 2 unspecified atom stereocenters. The van der Waals surface area contributed by atoms with Crippen molar-refractivity contribution in [1.82, 2.24) is 0 Å². The second kappa shape index (κ2) is 2.95. The summed E-state index contributed by atoms with van der Waals surface area (Å²) in [6.07, 6.45) is -0.488. The third kappa shape index (κ3) is 0.935. The molecular weight excluding hydrogens is 183 g/mol. The van der Waals surface area contributed by atoms with E-state index in [0.717, 1.165) is 0 Å². The van der Waals surface area contributed by atoms with Crippen LogP contribution in [0.2, 0.25) is 0 Å². The van der Waals surface area contributed by atoms with Gasteiger partial charge < -0.3 is 19.7 Å². The number of ether oxygens (including phenoxy) is 2. The Morgan fingerprint density at radius 1 is 1.50 bits per heavy atom. The number of aliphatic hydroxyl groups is 2. The minimum atomic E-state index is -1.14. The van der Waals surface area contributed by atoms with Crippen LogP contribution in [0.4, 0.5) is 0 Å². The number of rotatable bonds is 2. The molecule has 2 saturated heterocycles. The maximum Gasteiger partial charge on any atom is 0.149 e. The molecule has 0 aromatic heterocycles. The minimum Gasteiger partial charge on any atom is -0.394 e. The van der Waals surface area contributed by atoms with Crippen molar-refractivity contribution in [1.29, 1.82) is 0 Å². The number of hydrogen-bond donors (Lipinski definition) is 2. The topological polar surface area (TPSA) is 58.9 Å². The van der Waals surface area contributed by atoms with Gasteiger partial charge in [-0.15, -0.1) is 0 Å². The first-order valence-corrected chi connectivity index (χ1v) is 4.91. The molecule has 2 heterocycles. The molecule has 0 aromatic rings. The van der Waals surface area contributed by atoms with Gasteiger partial charge >= 0.3 is 0 Å². The molecule has 4 nitrogen and oxygen atoms in total. The highest BCUT2D eigenvalue weighted by Gasteiger charge is 2.72. The van der Waals surface area contributed by atoms with Crippen LogP contribution in [0.3, 0.4) is 0 Å². The first kappa shape index (κ1) is 10.4. The maximum atomic E-state index is 10.4. The molecular formula is C9H15BO4. The van der Waals surface area contributed by atoms with E-state index in [2.05, 4.69) is 0 Å². The van der Waals surface area contributed by atoms with Gasteiger partial charge in [-0.05, 0) is 13.3 Å². The molecule has 0 bridgehead atoms. The van der Waals surface area contributed by atoms with Crippen molar-refractivity contribution in [3.05, 3.63) is 0 Å². The Morgan fingerprint density at radius 2 is 2.14 bits per heavy atom. The minimum absolute atomic E-state index is 0.236. The van der Waals surface area contributed by atoms with Crippen molar-refractivity contribution in [3.63, 3.8) is 0 Å². The molecule has 5 atom stereocenters. The number of fused-ring (bicyclic) bond motifs is 1. The first-order valence-electron chi connectivity index (χ1n) is 4.91. The van der Waals surface area contributed by atoms with Crippen LogP contribution in [0.1, 0.15) is 20.3 Å². The Labute approximate surface area is 84.6 Å². The quantitative estimate of drug-likeness (QED) is 0.568. The molecule has 2 fully saturated rings. The summed E-state index contributed by atoms with van der Waals surface area (Å²) in [7, 11) is 5.63. The smallest absolute Gasteiger partial charge is 0.149 e. The third-order valence-electron chi connectivity index (χ3n) is 3.62. The maximum absolute atomic E-state index is 10.4. The molecule has 0 aromatic carbocycles. The van der Waals surface area contributed by atoms with Gasteiger partial charge in [0, 0.05) is 6.00 Å². The molecule has 78 valence electrons. The molecule has 0 aliphatic carbocycles. The Balaban J connectivity index is 2.28. The Hall–Kier alpha value is -0.0951. The standard InChI is InChI=1S/C9H15BO4/c1-3-8(2)9(12)5(4-11)13-7(10)6(9)14-8/h5-7,11-12H,3-4H2,1-2H3/t5?,6-,7-,8+,9?/m1/s1. The lowest BCUT2D eigenvalue weighted by Crippen LogP contribution is -2.76. The van der Waals surface area contributed by atoms with E-state index < -0.39 is 29.4 Å². The van der Waals surface area contributed by atoms with Gasteiger partial charge in [-0.2, -0.15) is 0 Å². The highest BCUT2D eigenvalue weighted by Crippen LogP contribution is 2.53. The van der Waals surface area contributed by atoms with Crippen LogP contribution in [0.25, 0.3) is 0 Å². The van der Waals surface area contributed by atoms with Crippen molar-refractivity contribution < 1.29 is 19.7 Å². The van der Waals surface area contributed by atoms with E-state index in [1.165, 1.54) is 0 Å². The van der Waals surface area contributed by atoms with Gasteiger partial charge in [0.15, 0.2) is 0 Å². The highest BCUT2D eigenvalue weighted by atomic mass is 16.6. The van der Waals surface area contributed by atoms with Crippen LogP contribution in [0.15, 0.2) is 0 Å². The summed E-state index contributed by atoms with van der Waals surface area (Å²) in [6, 6.07) is -0.642. The van der Waals surface area contributed by atoms with E-state index in [1.807, 2.05) is 13.8 Å². The van der Waals surface area contributed by atoms with E-state index >= 15 is 0 Å². The van der Waals surface area contributed by atoms with Gasteiger partial charge in [-0.3, -0.25) is 0 Å². The van der Waals surface area contributed by atoms with Crippen LogP contribution in [0.5, 0.6) is 0 Å². The van der Waals surface area contributed by atoms with Crippen molar-refractivity contribution in [2.45, 2.75) is 49.7 Å². The highest BCUT2D eigenvalue weighted by molar-refractivity contribution is 6.12. The van der Waals surface area contributed by atoms with E-state index in [9.17, 15) is 5.11 Å². The molecule has 2 aliphatic rings. The Morgan fingerprint density at radius 3 is 2.64 bits per heavy atom. The summed E-state index contributed by atoms with van der Waals surface area (Å²) in [4.78, 5) is 0.